The standard InChI is InChI=1S/C22H18Cl2N4O/c1-14-9-11-16(12-10-14)25-22-28-27-20(29-22)13-15-5-2-3-8-19(15)26-21-17(23)6-4-7-18(21)24/h2-12,26H,13H2,1H3,(H,25,28). The van der Waals surface area contributed by atoms with Crippen LogP contribution < -0.4 is 10.6 Å². The van der Waals surface area contributed by atoms with Crippen molar-refractivity contribution in [1.29, 1.82) is 0 Å². The topological polar surface area (TPSA) is 63.0 Å². The van der Waals surface area contributed by atoms with E-state index in [0.29, 0.717) is 34.1 Å². The minimum atomic E-state index is 0.350. The van der Waals surface area contributed by atoms with Crippen LogP contribution in [0.15, 0.2) is 71.1 Å². The Labute approximate surface area is 178 Å². The molecule has 0 unspecified atom stereocenters. The molecule has 0 amide bonds. The smallest absolute Gasteiger partial charge is 0.320 e. The summed E-state index contributed by atoms with van der Waals surface area (Å²) in [7, 11) is 0. The number of halogens is 2. The highest BCUT2D eigenvalue weighted by atomic mass is 35.5. The molecule has 29 heavy (non-hydrogen) atoms. The first-order valence-corrected chi connectivity index (χ1v) is 9.79. The number of hydrogen-bond acceptors (Lipinski definition) is 5. The highest BCUT2D eigenvalue weighted by Crippen LogP contribution is 2.34. The van der Waals surface area contributed by atoms with E-state index in [0.717, 1.165) is 16.9 Å². The van der Waals surface area contributed by atoms with Crippen molar-refractivity contribution in [3.05, 3.63) is 93.8 Å². The summed E-state index contributed by atoms with van der Waals surface area (Å²) in [5.41, 5.74) is 4.59. The molecular formula is C22H18Cl2N4O. The van der Waals surface area contributed by atoms with Gasteiger partial charge in [0.1, 0.15) is 0 Å². The van der Waals surface area contributed by atoms with Crippen LogP contribution in [0.25, 0.3) is 0 Å². The Morgan fingerprint density at radius 3 is 2.31 bits per heavy atom. The number of nitrogens with zero attached hydrogens (tertiary/aromatic N) is 2. The van der Waals surface area contributed by atoms with Gasteiger partial charge in [-0.2, -0.15) is 0 Å². The van der Waals surface area contributed by atoms with Gasteiger partial charge in [-0.3, -0.25) is 0 Å². The molecule has 2 N–H and O–H groups in total. The van der Waals surface area contributed by atoms with Gasteiger partial charge in [-0.15, -0.1) is 5.10 Å². The van der Waals surface area contributed by atoms with Gasteiger partial charge < -0.3 is 15.1 Å². The van der Waals surface area contributed by atoms with Crippen LogP contribution in [0.1, 0.15) is 17.0 Å². The number of rotatable bonds is 6. The highest BCUT2D eigenvalue weighted by Gasteiger charge is 2.12. The monoisotopic (exact) mass is 424 g/mol. The Kier molecular flexibility index (Phi) is 5.69. The molecule has 0 saturated heterocycles. The Morgan fingerprint density at radius 2 is 1.55 bits per heavy atom. The Balaban J connectivity index is 1.52. The second kappa shape index (κ2) is 8.55. The molecular weight excluding hydrogens is 407 g/mol. The Morgan fingerprint density at radius 1 is 0.828 bits per heavy atom. The predicted octanol–water partition coefficient (Wildman–Crippen LogP) is 6.76. The van der Waals surface area contributed by atoms with E-state index in [-0.39, 0.29) is 0 Å². The predicted molar refractivity (Wildman–Crippen MR) is 118 cm³/mol. The largest absolute Gasteiger partial charge is 0.408 e. The van der Waals surface area contributed by atoms with Crippen LogP contribution >= 0.6 is 23.2 Å². The molecule has 0 spiro atoms. The van der Waals surface area contributed by atoms with Crippen molar-refractivity contribution >= 4 is 46.3 Å². The maximum Gasteiger partial charge on any atom is 0.320 e. The molecule has 0 aliphatic carbocycles. The lowest BCUT2D eigenvalue weighted by molar-refractivity contribution is 0.521. The van der Waals surface area contributed by atoms with Crippen LogP contribution in [-0.2, 0) is 6.42 Å². The van der Waals surface area contributed by atoms with Gasteiger partial charge in [0, 0.05) is 11.4 Å². The van der Waals surface area contributed by atoms with Gasteiger partial charge in [0.25, 0.3) is 0 Å². The number of benzene rings is 3. The van der Waals surface area contributed by atoms with Crippen molar-refractivity contribution in [2.75, 3.05) is 10.6 Å². The number of aryl methyl sites for hydroxylation is 1. The van der Waals surface area contributed by atoms with Crippen LogP contribution in [0.4, 0.5) is 23.1 Å². The van der Waals surface area contributed by atoms with Crippen LogP contribution in [-0.4, -0.2) is 10.2 Å². The quantitative estimate of drug-likeness (QED) is 0.357. The Hall–Kier alpha value is -3.02. The number of nitrogens with one attached hydrogen (secondary N) is 2. The first kappa shape index (κ1) is 19.3. The van der Waals surface area contributed by atoms with Crippen molar-refractivity contribution in [1.82, 2.24) is 10.2 Å². The minimum absolute atomic E-state index is 0.350. The molecule has 7 heteroatoms. The van der Waals surface area contributed by atoms with E-state index in [1.165, 1.54) is 5.56 Å². The van der Waals surface area contributed by atoms with Gasteiger partial charge >= 0.3 is 6.01 Å². The van der Waals surface area contributed by atoms with Gasteiger partial charge in [-0.05, 0) is 42.8 Å². The molecule has 5 nitrogen and oxygen atoms in total. The van der Waals surface area contributed by atoms with E-state index in [1.807, 2.05) is 61.5 Å². The number of hydrogen-bond donors (Lipinski definition) is 2. The molecule has 0 radical (unpaired) electrons. The summed E-state index contributed by atoms with van der Waals surface area (Å²) in [6.45, 7) is 2.04. The summed E-state index contributed by atoms with van der Waals surface area (Å²) in [4.78, 5) is 0. The van der Waals surface area contributed by atoms with Gasteiger partial charge in [-0.1, -0.05) is 70.3 Å². The number of para-hydroxylation sites is 2. The third kappa shape index (κ3) is 4.70. The Bertz CT molecular complexity index is 1110. The molecule has 146 valence electrons. The van der Waals surface area contributed by atoms with Gasteiger partial charge in [0.15, 0.2) is 0 Å². The lowest BCUT2D eigenvalue weighted by Crippen LogP contribution is -1.98. The maximum absolute atomic E-state index is 6.29. The molecule has 0 atom stereocenters. The van der Waals surface area contributed by atoms with Crippen LogP contribution in [0, 0.1) is 6.92 Å². The molecule has 0 aliphatic heterocycles. The zero-order valence-corrected chi connectivity index (χ0v) is 17.1. The molecule has 4 rings (SSSR count). The molecule has 0 saturated carbocycles. The van der Waals surface area contributed by atoms with Crippen LogP contribution in [0.2, 0.25) is 10.0 Å². The third-order valence-electron chi connectivity index (χ3n) is 4.35. The highest BCUT2D eigenvalue weighted by molar-refractivity contribution is 6.39. The molecule has 0 fully saturated rings. The molecule has 1 heterocycles. The first-order valence-electron chi connectivity index (χ1n) is 9.03. The van der Waals surface area contributed by atoms with Crippen LogP contribution in [0.3, 0.4) is 0 Å². The first-order chi connectivity index (χ1) is 14.1. The second-order valence-electron chi connectivity index (χ2n) is 6.55. The van der Waals surface area contributed by atoms with E-state index in [9.17, 15) is 0 Å². The zero-order chi connectivity index (χ0) is 20.2. The second-order valence-corrected chi connectivity index (χ2v) is 7.36. The van der Waals surface area contributed by atoms with Crippen molar-refractivity contribution in [2.24, 2.45) is 0 Å². The van der Waals surface area contributed by atoms with E-state index in [2.05, 4.69) is 20.8 Å². The van der Waals surface area contributed by atoms with Crippen LogP contribution in [0.5, 0.6) is 0 Å². The van der Waals surface area contributed by atoms with E-state index in [1.54, 1.807) is 12.1 Å². The van der Waals surface area contributed by atoms with Crippen molar-refractivity contribution in [3.8, 4) is 0 Å². The lowest BCUT2D eigenvalue weighted by Gasteiger charge is -2.13. The molecule has 0 bridgehead atoms. The molecule has 4 aromatic rings. The van der Waals surface area contributed by atoms with Gasteiger partial charge in [0.2, 0.25) is 5.89 Å². The lowest BCUT2D eigenvalue weighted by atomic mass is 10.1. The summed E-state index contributed by atoms with van der Waals surface area (Å²) in [6.07, 6.45) is 0.466. The molecule has 3 aromatic carbocycles. The summed E-state index contributed by atoms with van der Waals surface area (Å²) in [5.74, 6) is 0.499. The summed E-state index contributed by atoms with van der Waals surface area (Å²) in [6, 6.07) is 21.5. The van der Waals surface area contributed by atoms with E-state index < -0.39 is 0 Å². The summed E-state index contributed by atoms with van der Waals surface area (Å²) in [5, 5.41) is 15.8. The van der Waals surface area contributed by atoms with Gasteiger partial charge in [0.05, 0.1) is 22.2 Å². The SMILES string of the molecule is Cc1ccc(Nc2nnc(Cc3ccccc3Nc3c(Cl)cccc3Cl)o2)cc1. The summed E-state index contributed by atoms with van der Waals surface area (Å²) < 4.78 is 5.76. The average Bonchev–Trinajstić information content (AvgIpc) is 3.15. The number of anilines is 4. The van der Waals surface area contributed by atoms with Crippen molar-refractivity contribution in [2.45, 2.75) is 13.3 Å². The fourth-order valence-corrected chi connectivity index (χ4v) is 3.34. The van der Waals surface area contributed by atoms with Crippen molar-refractivity contribution < 1.29 is 4.42 Å². The zero-order valence-electron chi connectivity index (χ0n) is 15.6. The normalized spacial score (nSPS) is 10.7. The number of aromatic nitrogens is 2. The third-order valence-corrected chi connectivity index (χ3v) is 4.98. The molecule has 0 aliphatic rings. The minimum Gasteiger partial charge on any atom is -0.408 e. The van der Waals surface area contributed by atoms with Gasteiger partial charge in [-0.25, -0.2) is 0 Å². The van der Waals surface area contributed by atoms with E-state index in [4.69, 9.17) is 27.6 Å². The molecule has 1 aromatic heterocycles. The van der Waals surface area contributed by atoms with E-state index >= 15 is 0 Å². The maximum atomic E-state index is 6.29. The average molecular weight is 425 g/mol. The van der Waals surface area contributed by atoms with Crippen molar-refractivity contribution in [3.63, 3.8) is 0 Å². The fourth-order valence-electron chi connectivity index (χ4n) is 2.85. The summed E-state index contributed by atoms with van der Waals surface area (Å²) >= 11 is 12.6. The fraction of sp³-hybridized carbons (Fsp3) is 0.0909.